The Morgan fingerprint density at radius 1 is 1.36 bits per heavy atom. The molecule has 0 atom stereocenters. The molecule has 60 valence electrons. The maximum Gasteiger partial charge on any atom is 0.0563 e. The summed E-state index contributed by atoms with van der Waals surface area (Å²) in [6.45, 7) is 2.00. The molecule has 3 nitrogen and oxygen atoms in total. The van der Waals surface area contributed by atoms with E-state index in [2.05, 4.69) is 0 Å². The first-order valence-electron chi connectivity index (χ1n) is 3.46. The zero-order chi connectivity index (χ0) is 8.43. The highest BCUT2D eigenvalue weighted by molar-refractivity contribution is 5.59. The van der Waals surface area contributed by atoms with Crippen LogP contribution < -0.4 is 16.6 Å². The monoisotopic (exact) mass is 151 g/mol. The number of aryl methyl sites for hydroxylation is 1. The summed E-state index contributed by atoms with van der Waals surface area (Å²) in [4.78, 5) is 0. The molecule has 0 aliphatic rings. The lowest BCUT2D eigenvalue weighted by Gasteiger charge is -2.15. The van der Waals surface area contributed by atoms with Gasteiger partial charge in [-0.25, -0.2) is 5.84 Å². The largest absolute Gasteiger partial charge is 0.399 e. The van der Waals surface area contributed by atoms with Gasteiger partial charge < -0.3 is 10.7 Å². The number of hydrogen-bond donors (Lipinski definition) is 2. The van der Waals surface area contributed by atoms with Gasteiger partial charge in [0.25, 0.3) is 0 Å². The minimum absolute atomic E-state index is 0.739. The summed E-state index contributed by atoms with van der Waals surface area (Å²) in [5.41, 5.74) is 8.41. The number of nitrogens with zero attached hydrogens (tertiary/aromatic N) is 1. The van der Waals surface area contributed by atoms with E-state index in [9.17, 15) is 0 Å². The lowest BCUT2D eigenvalue weighted by Crippen LogP contribution is -2.25. The second-order valence-electron chi connectivity index (χ2n) is 2.66. The highest BCUT2D eigenvalue weighted by atomic mass is 15.4. The van der Waals surface area contributed by atoms with Crippen LogP contribution in [0.3, 0.4) is 0 Å². The van der Waals surface area contributed by atoms with E-state index >= 15 is 0 Å². The molecular formula is C8H13N3. The number of nitrogens with two attached hydrogens (primary N) is 2. The van der Waals surface area contributed by atoms with Gasteiger partial charge in [0.2, 0.25) is 0 Å². The maximum absolute atomic E-state index is 5.58. The smallest absolute Gasteiger partial charge is 0.0563 e. The molecule has 0 aliphatic heterocycles. The van der Waals surface area contributed by atoms with E-state index in [1.165, 1.54) is 0 Å². The number of anilines is 2. The Bertz CT molecular complexity index is 256. The van der Waals surface area contributed by atoms with E-state index in [1.54, 1.807) is 12.1 Å². The summed E-state index contributed by atoms with van der Waals surface area (Å²) in [5.74, 6) is 5.56. The van der Waals surface area contributed by atoms with Gasteiger partial charge in [-0.3, -0.25) is 0 Å². The molecule has 0 heterocycles. The molecule has 0 saturated carbocycles. The highest BCUT2D eigenvalue weighted by Crippen LogP contribution is 2.19. The van der Waals surface area contributed by atoms with Gasteiger partial charge in [0.1, 0.15) is 0 Å². The third kappa shape index (κ3) is 1.62. The molecule has 0 aliphatic carbocycles. The average molecular weight is 151 g/mol. The molecule has 0 fully saturated rings. The molecule has 0 spiro atoms. The number of benzene rings is 1. The van der Waals surface area contributed by atoms with E-state index in [0.29, 0.717) is 0 Å². The van der Waals surface area contributed by atoms with Gasteiger partial charge in [0.05, 0.1) is 5.69 Å². The molecule has 0 saturated heterocycles. The van der Waals surface area contributed by atoms with Crippen LogP contribution in [0.2, 0.25) is 0 Å². The molecule has 3 heteroatoms. The lowest BCUT2D eigenvalue weighted by molar-refractivity contribution is 1.01. The minimum atomic E-state index is 0.739. The fraction of sp³-hybridized carbons (Fsp3) is 0.250. The van der Waals surface area contributed by atoms with Crippen LogP contribution in [-0.2, 0) is 0 Å². The molecule has 11 heavy (non-hydrogen) atoms. The van der Waals surface area contributed by atoms with E-state index in [4.69, 9.17) is 11.6 Å². The third-order valence-electron chi connectivity index (χ3n) is 1.61. The van der Waals surface area contributed by atoms with Gasteiger partial charge in [0, 0.05) is 12.7 Å². The summed E-state index contributed by atoms with van der Waals surface area (Å²) >= 11 is 0. The molecule has 0 unspecified atom stereocenters. The maximum atomic E-state index is 5.58. The second-order valence-corrected chi connectivity index (χ2v) is 2.66. The Morgan fingerprint density at radius 2 is 2.00 bits per heavy atom. The van der Waals surface area contributed by atoms with Crippen molar-refractivity contribution < 1.29 is 0 Å². The van der Waals surface area contributed by atoms with Crippen LogP contribution in [-0.4, -0.2) is 7.05 Å². The van der Waals surface area contributed by atoms with Crippen LogP contribution in [0.1, 0.15) is 5.56 Å². The van der Waals surface area contributed by atoms with Crippen molar-refractivity contribution in [2.24, 2.45) is 5.84 Å². The van der Waals surface area contributed by atoms with Crippen molar-refractivity contribution in [1.82, 2.24) is 0 Å². The molecule has 0 bridgehead atoms. The first kappa shape index (κ1) is 7.88. The summed E-state index contributed by atoms with van der Waals surface area (Å²) in [5, 5.41) is 1.56. The summed E-state index contributed by atoms with van der Waals surface area (Å²) in [6.07, 6.45) is 0. The number of nitrogen functional groups attached to an aromatic ring is 1. The number of hydrogen-bond acceptors (Lipinski definition) is 3. The van der Waals surface area contributed by atoms with Crippen molar-refractivity contribution in [3.8, 4) is 0 Å². The molecule has 1 rings (SSSR count). The first-order chi connectivity index (χ1) is 5.11. The van der Waals surface area contributed by atoms with Gasteiger partial charge in [-0.1, -0.05) is 6.07 Å². The van der Waals surface area contributed by atoms with Crippen LogP contribution in [0, 0.1) is 6.92 Å². The first-order valence-corrected chi connectivity index (χ1v) is 3.46. The van der Waals surface area contributed by atoms with Crippen molar-refractivity contribution in [2.45, 2.75) is 6.92 Å². The van der Waals surface area contributed by atoms with E-state index in [0.717, 1.165) is 16.9 Å². The Hall–Kier alpha value is -1.22. The SMILES string of the molecule is Cc1ccc(N)cc1N(C)N. The van der Waals surface area contributed by atoms with Gasteiger partial charge in [0.15, 0.2) is 0 Å². The van der Waals surface area contributed by atoms with Crippen molar-refractivity contribution in [3.63, 3.8) is 0 Å². The second kappa shape index (κ2) is 2.80. The van der Waals surface area contributed by atoms with Crippen molar-refractivity contribution in [1.29, 1.82) is 0 Å². The lowest BCUT2D eigenvalue weighted by atomic mass is 10.2. The van der Waals surface area contributed by atoms with Crippen LogP contribution in [0.15, 0.2) is 18.2 Å². The summed E-state index contributed by atoms with van der Waals surface area (Å²) in [7, 11) is 1.79. The van der Waals surface area contributed by atoms with Crippen LogP contribution in [0.5, 0.6) is 0 Å². The Labute approximate surface area is 66.6 Å². The predicted octanol–water partition coefficient (Wildman–Crippen LogP) is 0.887. The highest BCUT2D eigenvalue weighted by Gasteiger charge is 1.99. The molecule has 0 amide bonds. The molecular weight excluding hydrogens is 138 g/mol. The molecule has 0 aromatic heterocycles. The zero-order valence-corrected chi connectivity index (χ0v) is 6.83. The normalized spacial score (nSPS) is 9.73. The average Bonchev–Trinajstić information content (AvgIpc) is 1.94. The van der Waals surface area contributed by atoms with Crippen LogP contribution in [0.25, 0.3) is 0 Å². The fourth-order valence-electron chi connectivity index (χ4n) is 1.01. The van der Waals surface area contributed by atoms with Crippen molar-refractivity contribution >= 4 is 11.4 Å². The molecule has 0 radical (unpaired) electrons. The van der Waals surface area contributed by atoms with Crippen molar-refractivity contribution in [2.75, 3.05) is 17.8 Å². The molecule has 1 aromatic carbocycles. The third-order valence-corrected chi connectivity index (χ3v) is 1.61. The summed E-state index contributed by atoms with van der Waals surface area (Å²) in [6, 6.07) is 5.67. The van der Waals surface area contributed by atoms with Crippen molar-refractivity contribution in [3.05, 3.63) is 23.8 Å². The van der Waals surface area contributed by atoms with E-state index < -0.39 is 0 Å². The Morgan fingerprint density at radius 3 is 2.45 bits per heavy atom. The molecule has 1 aromatic rings. The predicted molar refractivity (Wildman–Crippen MR) is 48.2 cm³/mol. The summed E-state index contributed by atoms with van der Waals surface area (Å²) < 4.78 is 0. The number of rotatable bonds is 1. The molecule has 4 N–H and O–H groups in total. The fourth-order valence-corrected chi connectivity index (χ4v) is 1.01. The Kier molecular flexibility index (Phi) is 2.01. The standard InChI is InChI=1S/C8H13N3/c1-6-3-4-7(9)5-8(6)11(2)10/h3-5H,9-10H2,1-2H3. The van der Waals surface area contributed by atoms with Crippen LogP contribution >= 0.6 is 0 Å². The van der Waals surface area contributed by atoms with Gasteiger partial charge in [-0.15, -0.1) is 0 Å². The topological polar surface area (TPSA) is 55.3 Å². The van der Waals surface area contributed by atoms with Gasteiger partial charge in [-0.2, -0.15) is 0 Å². The zero-order valence-electron chi connectivity index (χ0n) is 6.83. The Balaban J connectivity index is 3.13. The van der Waals surface area contributed by atoms with E-state index in [1.807, 2.05) is 25.1 Å². The number of hydrazine groups is 1. The van der Waals surface area contributed by atoms with Gasteiger partial charge >= 0.3 is 0 Å². The van der Waals surface area contributed by atoms with E-state index in [-0.39, 0.29) is 0 Å². The minimum Gasteiger partial charge on any atom is -0.399 e. The van der Waals surface area contributed by atoms with Gasteiger partial charge in [-0.05, 0) is 24.6 Å². The van der Waals surface area contributed by atoms with Crippen LogP contribution in [0.4, 0.5) is 11.4 Å². The quantitative estimate of drug-likeness (QED) is 0.356.